The van der Waals surface area contributed by atoms with Crippen molar-refractivity contribution in [1.82, 2.24) is 10.2 Å². The maximum Gasteiger partial charge on any atom is 0.244 e. The van der Waals surface area contributed by atoms with Gasteiger partial charge in [0.25, 0.3) is 0 Å². The summed E-state index contributed by atoms with van der Waals surface area (Å²) < 4.78 is 39.9. The van der Waals surface area contributed by atoms with Gasteiger partial charge in [-0.25, -0.2) is 12.8 Å². The fraction of sp³-hybridized carbons (Fsp3) is 0.364. The number of carbonyl (C=O) groups is 2. The molecule has 2 aromatic rings. The SMILES string of the molecule is CCNC(=O)C(CC)N(Cc1ccc(Cl)c(Cl)c1)C(=O)CN(c1ccccc1F)S(C)(=O)=O. The number of likely N-dealkylation sites (N-methyl/N-ethyl adjacent to an activating group) is 1. The van der Waals surface area contributed by atoms with Gasteiger partial charge in [-0.2, -0.15) is 0 Å². The van der Waals surface area contributed by atoms with E-state index in [9.17, 15) is 22.4 Å². The molecule has 1 atom stereocenters. The van der Waals surface area contributed by atoms with Gasteiger partial charge in [-0.1, -0.05) is 48.3 Å². The van der Waals surface area contributed by atoms with Crippen LogP contribution in [0, 0.1) is 5.82 Å². The minimum Gasteiger partial charge on any atom is -0.355 e. The van der Waals surface area contributed by atoms with E-state index in [0.717, 1.165) is 12.3 Å². The molecule has 0 aliphatic heterocycles. The van der Waals surface area contributed by atoms with Crippen LogP contribution in [0.15, 0.2) is 42.5 Å². The second kappa shape index (κ2) is 11.7. The number of hydrogen-bond acceptors (Lipinski definition) is 4. The van der Waals surface area contributed by atoms with E-state index in [1.54, 1.807) is 32.0 Å². The van der Waals surface area contributed by atoms with Crippen LogP contribution in [0.25, 0.3) is 0 Å². The lowest BCUT2D eigenvalue weighted by Gasteiger charge is -2.32. The van der Waals surface area contributed by atoms with Crippen molar-refractivity contribution in [3.63, 3.8) is 0 Å². The topological polar surface area (TPSA) is 86.8 Å². The molecule has 0 heterocycles. The third kappa shape index (κ3) is 7.06. The fourth-order valence-electron chi connectivity index (χ4n) is 3.29. The Balaban J connectivity index is 2.47. The van der Waals surface area contributed by atoms with Gasteiger partial charge in [0.1, 0.15) is 18.4 Å². The van der Waals surface area contributed by atoms with Gasteiger partial charge >= 0.3 is 0 Å². The summed E-state index contributed by atoms with van der Waals surface area (Å²) in [5, 5.41) is 3.30. The Morgan fingerprint density at radius 3 is 2.30 bits per heavy atom. The Morgan fingerprint density at radius 2 is 1.76 bits per heavy atom. The van der Waals surface area contributed by atoms with Crippen molar-refractivity contribution in [2.24, 2.45) is 0 Å². The van der Waals surface area contributed by atoms with E-state index in [1.165, 1.54) is 23.1 Å². The first kappa shape index (κ1) is 26.9. The van der Waals surface area contributed by atoms with E-state index in [0.29, 0.717) is 21.4 Å². The third-order valence-corrected chi connectivity index (χ3v) is 6.74. The summed E-state index contributed by atoms with van der Waals surface area (Å²) in [5.41, 5.74) is 0.339. The molecule has 0 bridgehead atoms. The van der Waals surface area contributed by atoms with Crippen molar-refractivity contribution in [1.29, 1.82) is 0 Å². The number of anilines is 1. The molecular formula is C22H26Cl2FN3O4S. The number of carbonyl (C=O) groups excluding carboxylic acids is 2. The van der Waals surface area contributed by atoms with Crippen molar-refractivity contribution in [2.75, 3.05) is 23.7 Å². The number of sulfonamides is 1. The van der Waals surface area contributed by atoms with Crippen molar-refractivity contribution < 1.29 is 22.4 Å². The van der Waals surface area contributed by atoms with Crippen molar-refractivity contribution in [3.8, 4) is 0 Å². The van der Waals surface area contributed by atoms with Gasteiger partial charge in [-0.3, -0.25) is 13.9 Å². The van der Waals surface area contributed by atoms with Crippen LogP contribution >= 0.6 is 23.2 Å². The first-order valence-corrected chi connectivity index (χ1v) is 12.8. The highest BCUT2D eigenvalue weighted by atomic mass is 35.5. The highest BCUT2D eigenvalue weighted by Gasteiger charge is 2.32. The Kier molecular flexibility index (Phi) is 9.51. The van der Waals surface area contributed by atoms with Crippen LogP contribution in [-0.4, -0.2) is 50.5 Å². The summed E-state index contributed by atoms with van der Waals surface area (Å²) in [5.74, 6) is -1.85. The maximum absolute atomic E-state index is 14.4. The molecule has 1 unspecified atom stereocenters. The summed E-state index contributed by atoms with van der Waals surface area (Å²) in [6, 6.07) is 9.18. The number of amides is 2. The van der Waals surface area contributed by atoms with E-state index in [-0.39, 0.29) is 29.6 Å². The van der Waals surface area contributed by atoms with E-state index < -0.39 is 34.3 Å². The van der Waals surface area contributed by atoms with E-state index >= 15 is 0 Å². The summed E-state index contributed by atoms with van der Waals surface area (Å²) >= 11 is 12.1. The van der Waals surface area contributed by atoms with Gasteiger partial charge in [0.2, 0.25) is 21.8 Å². The average Bonchev–Trinajstić information content (AvgIpc) is 2.74. The Labute approximate surface area is 203 Å². The summed E-state index contributed by atoms with van der Waals surface area (Å²) in [6.45, 7) is 3.13. The summed E-state index contributed by atoms with van der Waals surface area (Å²) in [6.07, 6.45) is 1.16. The molecule has 0 aliphatic carbocycles. The second-order valence-electron chi connectivity index (χ2n) is 7.31. The highest BCUT2D eigenvalue weighted by Crippen LogP contribution is 2.25. The van der Waals surface area contributed by atoms with Gasteiger partial charge in [0.05, 0.1) is 22.0 Å². The van der Waals surface area contributed by atoms with Crippen LogP contribution in [-0.2, 0) is 26.2 Å². The number of nitrogens with one attached hydrogen (secondary N) is 1. The van der Waals surface area contributed by atoms with Crippen LogP contribution in [0.5, 0.6) is 0 Å². The molecule has 11 heteroatoms. The van der Waals surface area contributed by atoms with Gasteiger partial charge in [-0.05, 0) is 43.2 Å². The third-order valence-electron chi connectivity index (χ3n) is 4.87. The molecule has 0 aromatic heterocycles. The van der Waals surface area contributed by atoms with Crippen molar-refractivity contribution in [2.45, 2.75) is 32.9 Å². The minimum atomic E-state index is -4.01. The molecule has 2 amide bonds. The van der Waals surface area contributed by atoms with E-state index in [2.05, 4.69) is 5.32 Å². The van der Waals surface area contributed by atoms with Crippen LogP contribution in [0.2, 0.25) is 10.0 Å². The number of rotatable bonds is 10. The summed E-state index contributed by atoms with van der Waals surface area (Å²) in [7, 11) is -4.01. The first-order valence-electron chi connectivity index (χ1n) is 10.2. The number of nitrogens with zero attached hydrogens (tertiary/aromatic N) is 2. The molecule has 7 nitrogen and oxygen atoms in total. The molecule has 0 fully saturated rings. The molecule has 0 radical (unpaired) electrons. The largest absolute Gasteiger partial charge is 0.355 e. The maximum atomic E-state index is 14.4. The normalized spacial score (nSPS) is 12.2. The zero-order chi connectivity index (χ0) is 24.8. The zero-order valence-electron chi connectivity index (χ0n) is 18.5. The second-order valence-corrected chi connectivity index (χ2v) is 10.0. The fourth-order valence-corrected chi connectivity index (χ4v) is 4.47. The van der Waals surface area contributed by atoms with Crippen LogP contribution in [0.1, 0.15) is 25.8 Å². The Hall–Kier alpha value is -2.36. The lowest BCUT2D eigenvalue weighted by Crippen LogP contribution is -2.52. The molecular weight excluding hydrogens is 492 g/mol. The highest BCUT2D eigenvalue weighted by molar-refractivity contribution is 7.92. The molecule has 0 saturated heterocycles. The molecule has 2 aromatic carbocycles. The standard InChI is InChI=1S/C22H26Cl2FN3O4S/c1-4-19(22(30)26-5-2)27(13-15-10-11-16(23)17(24)12-15)21(29)14-28(33(3,31)32)20-9-7-6-8-18(20)25/h6-12,19H,4-5,13-14H2,1-3H3,(H,26,30). The lowest BCUT2D eigenvalue weighted by molar-refractivity contribution is -0.140. The van der Waals surface area contributed by atoms with Gasteiger partial charge in [0.15, 0.2) is 0 Å². The van der Waals surface area contributed by atoms with E-state index in [1.807, 2.05) is 0 Å². The predicted octanol–water partition coefficient (Wildman–Crippen LogP) is 3.84. The molecule has 0 spiro atoms. The lowest BCUT2D eigenvalue weighted by atomic mass is 10.1. The minimum absolute atomic E-state index is 0.0275. The number of benzene rings is 2. The van der Waals surface area contributed by atoms with Crippen LogP contribution < -0.4 is 9.62 Å². The van der Waals surface area contributed by atoms with Crippen molar-refractivity contribution in [3.05, 3.63) is 63.9 Å². The van der Waals surface area contributed by atoms with Gasteiger partial charge < -0.3 is 10.2 Å². The first-order chi connectivity index (χ1) is 15.5. The summed E-state index contributed by atoms with van der Waals surface area (Å²) in [4.78, 5) is 27.4. The quantitative estimate of drug-likeness (QED) is 0.518. The molecule has 180 valence electrons. The number of para-hydroxylation sites is 1. The predicted molar refractivity (Wildman–Crippen MR) is 128 cm³/mol. The van der Waals surface area contributed by atoms with Gasteiger partial charge in [0, 0.05) is 13.1 Å². The zero-order valence-corrected chi connectivity index (χ0v) is 20.8. The van der Waals surface area contributed by atoms with Crippen LogP contribution in [0.3, 0.4) is 0 Å². The molecule has 1 N–H and O–H groups in total. The number of hydrogen-bond donors (Lipinski definition) is 1. The van der Waals surface area contributed by atoms with Gasteiger partial charge in [-0.15, -0.1) is 0 Å². The smallest absolute Gasteiger partial charge is 0.244 e. The molecule has 0 saturated carbocycles. The average molecular weight is 518 g/mol. The van der Waals surface area contributed by atoms with E-state index in [4.69, 9.17) is 23.2 Å². The van der Waals surface area contributed by atoms with Crippen molar-refractivity contribution >= 4 is 50.7 Å². The van der Waals surface area contributed by atoms with Crippen LogP contribution in [0.4, 0.5) is 10.1 Å². The Morgan fingerprint density at radius 1 is 1.09 bits per heavy atom. The molecule has 0 aliphatic rings. The molecule has 33 heavy (non-hydrogen) atoms. The number of halogens is 3. The molecule has 2 rings (SSSR count). The monoisotopic (exact) mass is 517 g/mol. The Bertz CT molecular complexity index is 1110.